The van der Waals surface area contributed by atoms with Crippen LogP contribution in [0.3, 0.4) is 0 Å². The number of hydrogen-bond acceptors (Lipinski definition) is 3. The summed E-state index contributed by atoms with van der Waals surface area (Å²) in [5.41, 5.74) is 16.4. The van der Waals surface area contributed by atoms with Crippen LogP contribution >= 0.6 is 0 Å². The normalized spacial score (nSPS) is 12.2. The first-order valence-electron chi connectivity index (χ1n) is 19.3. The Morgan fingerprint density at radius 1 is 0.491 bits per heavy atom. The lowest BCUT2D eigenvalue weighted by atomic mass is 9.92. The van der Waals surface area contributed by atoms with E-state index in [4.69, 9.17) is 10.4 Å². The second kappa shape index (κ2) is 14.6. The Morgan fingerprint density at radius 3 is 1.98 bits per heavy atom. The number of benzene rings is 8. The van der Waals surface area contributed by atoms with Crippen LogP contribution in [0.15, 0.2) is 205 Å². The van der Waals surface area contributed by atoms with Crippen LogP contribution in [-0.4, -0.2) is 16.9 Å². The lowest BCUT2D eigenvalue weighted by Gasteiger charge is -2.12. The van der Waals surface area contributed by atoms with Crippen molar-refractivity contribution < 1.29 is 0 Å². The second-order valence-electron chi connectivity index (χ2n) is 14.5. The summed E-state index contributed by atoms with van der Waals surface area (Å²) in [6.45, 7) is 0. The second-order valence-corrected chi connectivity index (χ2v) is 14.5. The molecule has 0 spiro atoms. The Labute approximate surface area is 332 Å². The van der Waals surface area contributed by atoms with Crippen LogP contribution in [0.2, 0.25) is 0 Å². The van der Waals surface area contributed by atoms with Crippen molar-refractivity contribution in [1.29, 1.82) is 5.41 Å². The minimum Gasteiger partial charge on any atom is -0.300 e. The molecule has 0 atom stereocenters. The number of aliphatic imine (C=N–C) groups is 1. The predicted molar refractivity (Wildman–Crippen MR) is 239 cm³/mol. The van der Waals surface area contributed by atoms with Crippen molar-refractivity contribution in [3.8, 4) is 44.5 Å². The van der Waals surface area contributed by atoms with Gasteiger partial charge < -0.3 is 5.41 Å². The zero-order valence-corrected chi connectivity index (χ0v) is 31.2. The van der Waals surface area contributed by atoms with Gasteiger partial charge in [0, 0.05) is 35.3 Å². The molecule has 0 fully saturated rings. The van der Waals surface area contributed by atoms with E-state index in [1.54, 1.807) is 6.20 Å². The van der Waals surface area contributed by atoms with Crippen LogP contribution in [0.5, 0.6) is 0 Å². The highest BCUT2D eigenvalue weighted by atomic mass is 14.7. The first-order valence-corrected chi connectivity index (χ1v) is 19.3. The Bertz CT molecular complexity index is 3030. The van der Waals surface area contributed by atoms with Crippen molar-refractivity contribution >= 4 is 39.2 Å². The fourth-order valence-corrected chi connectivity index (χ4v) is 8.34. The van der Waals surface area contributed by atoms with Crippen LogP contribution < -0.4 is 0 Å². The van der Waals surface area contributed by atoms with Crippen molar-refractivity contribution in [2.45, 2.75) is 6.42 Å². The smallest absolute Gasteiger partial charge is 0.0723 e. The fourth-order valence-electron chi connectivity index (χ4n) is 8.34. The zero-order chi connectivity index (χ0) is 38.1. The van der Waals surface area contributed by atoms with Crippen molar-refractivity contribution in [3.05, 3.63) is 228 Å². The van der Waals surface area contributed by atoms with E-state index in [9.17, 15) is 0 Å². The quantitative estimate of drug-likeness (QED) is 0.156. The van der Waals surface area contributed by atoms with Gasteiger partial charge in [-0.1, -0.05) is 170 Å². The van der Waals surface area contributed by atoms with Gasteiger partial charge in [-0.05, 0) is 102 Å². The van der Waals surface area contributed by atoms with Gasteiger partial charge in [0.2, 0.25) is 0 Å². The van der Waals surface area contributed by atoms with Gasteiger partial charge in [-0.15, -0.1) is 0 Å². The van der Waals surface area contributed by atoms with Crippen LogP contribution in [0, 0.1) is 5.41 Å². The molecule has 10 rings (SSSR count). The molecule has 0 amide bonds. The van der Waals surface area contributed by atoms with Gasteiger partial charge in [-0.25, -0.2) is 0 Å². The molecular formula is C54H37N3. The standard InChI is InChI=1S/C54H37N3/c55-53(39-12-2-1-3-13-39)33-54(41-15-8-14-40(31-41)42-16-10-30-56-34-42)57-35-43-27-28-47(48-19-7-6-18-46(43)48)38-24-22-37(23-25-38)45-20-9-21-49-50-29-26-36-11-4-5-17-44(36)52(50)32-51(45)49/h1-31,33-35,55H,32H2/b54-33-,55-53?,57-35?. The van der Waals surface area contributed by atoms with Gasteiger partial charge in [0.25, 0.3) is 0 Å². The highest BCUT2D eigenvalue weighted by molar-refractivity contribution is 6.12. The van der Waals surface area contributed by atoms with Crippen molar-refractivity contribution in [2.75, 3.05) is 0 Å². The maximum Gasteiger partial charge on any atom is 0.0723 e. The maximum atomic E-state index is 8.97. The molecule has 0 bridgehead atoms. The van der Waals surface area contributed by atoms with Crippen LogP contribution in [0.25, 0.3) is 71.7 Å². The van der Waals surface area contributed by atoms with Gasteiger partial charge >= 0.3 is 0 Å². The van der Waals surface area contributed by atoms with E-state index in [2.05, 4.69) is 145 Å². The summed E-state index contributed by atoms with van der Waals surface area (Å²) < 4.78 is 0. The molecule has 9 aromatic rings. The summed E-state index contributed by atoms with van der Waals surface area (Å²) in [7, 11) is 0. The third-order valence-corrected chi connectivity index (χ3v) is 11.2. The van der Waals surface area contributed by atoms with E-state index in [1.807, 2.05) is 61.0 Å². The monoisotopic (exact) mass is 727 g/mol. The fraction of sp³-hybridized carbons (Fsp3) is 0.0185. The molecule has 1 N–H and O–H groups in total. The zero-order valence-electron chi connectivity index (χ0n) is 31.2. The third kappa shape index (κ3) is 6.45. The highest BCUT2D eigenvalue weighted by Gasteiger charge is 2.23. The van der Waals surface area contributed by atoms with Crippen molar-refractivity contribution in [1.82, 2.24) is 4.98 Å². The molecule has 0 saturated carbocycles. The Kier molecular flexibility index (Phi) is 8.74. The van der Waals surface area contributed by atoms with E-state index in [0.29, 0.717) is 11.4 Å². The lowest BCUT2D eigenvalue weighted by Crippen LogP contribution is -1.97. The molecule has 3 nitrogen and oxygen atoms in total. The highest BCUT2D eigenvalue weighted by Crippen LogP contribution is 2.44. The summed E-state index contributed by atoms with van der Waals surface area (Å²) in [5.74, 6) is 0. The average molecular weight is 728 g/mol. The first kappa shape index (κ1) is 34.0. The SMILES string of the molecule is N=C(/C=C(\N=Cc1ccc(-c2ccc(-c3cccc4c3Cc3c-4ccc4ccccc34)cc2)c2ccccc12)c1cccc(-c2cccnc2)c1)c1ccccc1. The molecular weight excluding hydrogens is 691 g/mol. The summed E-state index contributed by atoms with van der Waals surface area (Å²) in [4.78, 5) is 9.43. The van der Waals surface area contributed by atoms with Gasteiger partial charge in [-0.2, -0.15) is 0 Å². The number of hydrogen-bond donors (Lipinski definition) is 1. The molecule has 0 aliphatic heterocycles. The molecule has 0 saturated heterocycles. The Balaban J connectivity index is 0.987. The molecule has 8 aromatic carbocycles. The van der Waals surface area contributed by atoms with Crippen LogP contribution in [0.4, 0.5) is 0 Å². The number of nitrogens with zero attached hydrogens (tertiary/aromatic N) is 2. The lowest BCUT2D eigenvalue weighted by molar-refractivity contribution is 1.28. The van der Waals surface area contributed by atoms with E-state index < -0.39 is 0 Å². The van der Waals surface area contributed by atoms with Gasteiger partial charge in [-0.3, -0.25) is 9.98 Å². The van der Waals surface area contributed by atoms with E-state index >= 15 is 0 Å². The summed E-state index contributed by atoms with van der Waals surface area (Å²) in [6.07, 6.45) is 8.39. The number of fused-ring (bicyclic) bond motifs is 6. The van der Waals surface area contributed by atoms with Crippen LogP contribution in [-0.2, 0) is 6.42 Å². The number of allylic oxidation sites excluding steroid dienone is 1. The minimum absolute atomic E-state index is 0.400. The molecule has 1 aliphatic rings. The molecule has 1 aliphatic carbocycles. The van der Waals surface area contributed by atoms with Gasteiger partial charge in [0.1, 0.15) is 0 Å². The van der Waals surface area contributed by atoms with E-state index in [0.717, 1.165) is 39.6 Å². The van der Waals surface area contributed by atoms with E-state index in [-0.39, 0.29) is 0 Å². The molecule has 1 aromatic heterocycles. The molecule has 268 valence electrons. The predicted octanol–water partition coefficient (Wildman–Crippen LogP) is 13.5. The van der Waals surface area contributed by atoms with Crippen molar-refractivity contribution in [3.63, 3.8) is 0 Å². The third-order valence-electron chi connectivity index (χ3n) is 11.2. The number of rotatable bonds is 8. The number of pyridine rings is 1. The Hall–Kier alpha value is -7.49. The average Bonchev–Trinajstić information content (AvgIpc) is 3.68. The van der Waals surface area contributed by atoms with E-state index in [1.165, 1.54) is 60.7 Å². The van der Waals surface area contributed by atoms with Gasteiger partial charge in [0.15, 0.2) is 0 Å². The van der Waals surface area contributed by atoms with Gasteiger partial charge in [0.05, 0.1) is 11.4 Å². The minimum atomic E-state index is 0.400. The number of aromatic nitrogens is 1. The molecule has 3 heteroatoms. The summed E-state index contributed by atoms with van der Waals surface area (Å²) in [6, 6.07) is 64.1. The molecule has 57 heavy (non-hydrogen) atoms. The first-order chi connectivity index (χ1) is 28.2. The topological polar surface area (TPSA) is 49.1 Å². The summed E-state index contributed by atoms with van der Waals surface area (Å²) >= 11 is 0. The molecule has 0 radical (unpaired) electrons. The molecule has 1 heterocycles. The number of nitrogens with one attached hydrogen (secondary N) is 1. The van der Waals surface area contributed by atoms with Crippen molar-refractivity contribution in [2.24, 2.45) is 4.99 Å². The Morgan fingerprint density at radius 2 is 1.16 bits per heavy atom. The largest absolute Gasteiger partial charge is 0.300 e. The summed E-state index contributed by atoms with van der Waals surface area (Å²) in [5, 5.41) is 13.9. The van der Waals surface area contributed by atoms with Crippen LogP contribution in [0.1, 0.15) is 27.8 Å². The molecule has 0 unspecified atom stereocenters. The maximum absolute atomic E-state index is 8.97.